The molecule has 0 heterocycles. The zero-order valence-electron chi connectivity index (χ0n) is 15.7. The molecular weight excluding hydrogens is 256 g/mol. The first-order valence-corrected chi connectivity index (χ1v) is 9.42. The van der Waals surface area contributed by atoms with Crippen LogP contribution >= 0.6 is 0 Å². The zero-order valence-corrected chi connectivity index (χ0v) is 15.7. The molecule has 2 heteroatoms. The van der Waals surface area contributed by atoms with Crippen LogP contribution in [0.1, 0.15) is 93.4 Å². The van der Waals surface area contributed by atoms with E-state index in [9.17, 15) is 0 Å². The first kappa shape index (κ1) is 19.0. The Kier molecular flexibility index (Phi) is 7.19. The molecule has 0 aromatic heterocycles. The lowest BCUT2D eigenvalue weighted by Crippen LogP contribution is -2.68. The van der Waals surface area contributed by atoms with Gasteiger partial charge >= 0.3 is 0 Å². The molecule has 1 rings (SSSR count). The second-order valence-electron chi connectivity index (χ2n) is 7.57. The van der Waals surface area contributed by atoms with Gasteiger partial charge in [0, 0.05) is 29.1 Å². The van der Waals surface area contributed by atoms with E-state index < -0.39 is 0 Å². The number of rotatable bonds is 8. The second kappa shape index (κ2) is 7.97. The molecule has 0 spiro atoms. The normalized spacial score (nSPS) is 31.9. The van der Waals surface area contributed by atoms with Crippen molar-refractivity contribution in [1.82, 2.24) is 10.6 Å². The molecule has 0 amide bonds. The monoisotopic (exact) mass is 296 g/mol. The summed E-state index contributed by atoms with van der Waals surface area (Å²) in [6.07, 6.45) is 8.95. The average molecular weight is 297 g/mol. The fraction of sp³-hybridized carbons (Fsp3) is 1.00. The van der Waals surface area contributed by atoms with Crippen LogP contribution in [0.3, 0.4) is 0 Å². The topological polar surface area (TPSA) is 24.1 Å². The smallest absolute Gasteiger partial charge is 0.0226 e. The Hall–Kier alpha value is -0.0800. The molecule has 4 unspecified atom stereocenters. The Balaban J connectivity index is 3.05. The molecule has 4 atom stereocenters. The highest BCUT2D eigenvalue weighted by Crippen LogP contribution is 2.49. The van der Waals surface area contributed by atoms with Crippen molar-refractivity contribution < 1.29 is 0 Å². The first-order chi connectivity index (χ1) is 9.89. The van der Waals surface area contributed by atoms with Crippen molar-refractivity contribution in [3.63, 3.8) is 0 Å². The van der Waals surface area contributed by atoms with Crippen molar-refractivity contribution in [1.29, 1.82) is 0 Å². The molecule has 0 saturated heterocycles. The maximum absolute atomic E-state index is 4.02. The molecule has 0 bridgehead atoms. The molecule has 2 nitrogen and oxygen atoms in total. The third kappa shape index (κ3) is 3.82. The summed E-state index contributed by atoms with van der Waals surface area (Å²) in [5.41, 5.74) is 0.632. The van der Waals surface area contributed by atoms with Crippen molar-refractivity contribution in [2.75, 3.05) is 0 Å². The molecule has 0 aliphatic heterocycles. The lowest BCUT2D eigenvalue weighted by molar-refractivity contribution is -0.0108. The van der Waals surface area contributed by atoms with Crippen LogP contribution in [0.2, 0.25) is 0 Å². The number of nitrogens with one attached hydrogen (secondary N) is 2. The summed E-state index contributed by atoms with van der Waals surface area (Å²) < 4.78 is 0. The first-order valence-electron chi connectivity index (χ1n) is 9.42. The van der Waals surface area contributed by atoms with Gasteiger partial charge in [0.1, 0.15) is 0 Å². The highest BCUT2D eigenvalue weighted by Gasteiger charge is 2.52. The summed E-state index contributed by atoms with van der Waals surface area (Å²) in [6, 6.07) is 1.88. The minimum Gasteiger partial charge on any atom is -0.311 e. The fourth-order valence-corrected chi connectivity index (χ4v) is 4.66. The fourth-order valence-electron chi connectivity index (χ4n) is 4.66. The number of hydrogen-bond acceptors (Lipinski definition) is 2. The van der Waals surface area contributed by atoms with Crippen LogP contribution in [0.15, 0.2) is 0 Å². The van der Waals surface area contributed by atoms with Gasteiger partial charge in [-0.15, -0.1) is 0 Å². The van der Waals surface area contributed by atoms with E-state index in [1.165, 1.54) is 44.9 Å². The average Bonchev–Trinajstić information content (AvgIpc) is 2.47. The maximum Gasteiger partial charge on any atom is 0.0226 e. The van der Waals surface area contributed by atoms with E-state index in [2.05, 4.69) is 59.1 Å². The quantitative estimate of drug-likeness (QED) is 0.667. The summed E-state index contributed by atoms with van der Waals surface area (Å²) in [4.78, 5) is 0. The van der Waals surface area contributed by atoms with Crippen LogP contribution in [0.4, 0.5) is 0 Å². The van der Waals surface area contributed by atoms with E-state index in [0.29, 0.717) is 23.5 Å². The van der Waals surface area contributed by atoms with Gasteiger partial charge < -0.3 is 10.6 Å². The van der Waals surface area contributed by atoms with Gasteiger partial charge in [-0.1, -0.05) is 34.1 Å². The summed E-state index contributed by atoms with van der Waals surface area (Å²) >= 11 is 0. The molecular formula is C19H40N2. The van der Waals surface area contributed by atoms with Crippen molar-refractivity contribution in [2.45, 2.75) is 117 Å². The molecule has 0 aromatic carbocycles. The summed E-state index contributed by atoms with van der Waals surface area (Å²) in [7, 11) is 0. The molecule has 0 aromatic rings. The van der Waals surface area contributed by atoms with Crippen molar-refractivity contribution in [2.24, 2.45) is 5.41 Å². The Morgan fingerprint density at radius 2 is 1.57 bits per heavy atom. The van der Waals surface area contributed by atoms with E-state index in [4.69, 9.17) is 0 Å². The third-order valence-electron chi connectivity index (χ3n) is 6.47. The predicted molar refractivity (Wildman–Crippen MR) is 94.8 cm³/mol. The molecule has 21 heavy (non-hydrogen) atoms. The lowest BCUT2D eigenvalue weighted by atomic mass is 9.56. The van der Waals surface area contributed by atoms with Crippen LogP contribution in [-0.2, 0) is 0 Å². The SMILES string of the molecule is CCC(C)NC1CCCC(C)(NC(C)CC)C1(CC)CC. The van der Waals surface area contributed by atoms with Crippen LogP contribution in [-0.4, -0.2) is 23.7 Å². The van der Waals surface area contributed by atoms with E-state index in [1.54, 1.807) is 0 Å². The molecule has 1 fully saturated rings. The second-order valence-corrected chi connectivity index (χ2v) is 7.57. The minimum atomic E-state index is 0.259. The van der Waals surface area contributed by atoms with Gasteiger partial charge in [0.25, 0.3) is 0 Å². The molecule has 0 radical (unpaired) electrons. The van der Waals surface area contributed by atoms with Gasteiger partial charge in [-0.2, -0.15) is 0 Å². The summed E-state index contributed by atoms with van der Waals surface area (Å²) in [6.45, 7) is 16.6. The Morgan fingerprint density at radius 1 is 1.00 bits per heavy atom. The van der Waals surface area contributed by atoms with Gasteiger partial charge in [-0.25, -0.2) is 0 Å². The van der Waals surface area contributed by atoms with Crippen LogP contribution < -0.4 is 10.6 Å². The maximum atomic E-state index is 4.02. The van der Waals surface area contributed by atoms with Crippen molar-refractivity contribution in [3.05, 3.63) is 0 Å². The standard InChI is InChI=1S/C19H40N2/c1-8-15(5)20-17-13-12-14-18(7,21-16(6)9-2)19(17,10-3)11-4/h15-17,20-21H,8-14H2,1-7H3. The molecule has 126 valence electrons. The zero-order chi connectivity index (χ0) is 16.1. The molecule has 1 aliphatic rings. The van der Waals surface area contributed by atoms with E-state index in [0.717, 1.165) is 0 Å². The Morgan fingerprint density at radius 3 is 2.05 bits per heavy atom. The molecule has 1 aliphatic carbocycles. The van der Waals surface area contributed by atoms with E-state index in [-0.39, 0.29) is 5.54 Å². The van der Waals surface area contributed by atoms with Gasteiger partial charge in [0.2, 0.25) is 0 Å². The predicted octanol–water partition coefficient (Wildman–Crippen LogP) is 4.88. The highest BCUT2D eigenvalue weighted by atomic mass is 15.1. The van der Waals surface area contributed by atoms with E-state index in [1.807, 2.05) is 0 Å². The summed E-state index contributed by atoms with van der Waals surface area (Å²) in [5.74, 6) is 0. The van der Waals surface area contributed by atoms with Crippen LogP contribution in [0.25, 0.3) is 0 Å². The van der Waals surface area contributed by atoms with Crippen molar-refractivity contribution >= 4 is 0 Å². The Labute approximate surface area is 133 Å². The highest BCUT2D eigenvalue weighted by molar-refractivity contribution is 5.10. The summed E-state index contributed by atoms with van der Waals surface area (Å²) in [5, 5.41) is 7.99. The van der Waals surface area contributed by atoms with Gasteiger partial charge in [-0.3, -0.25) is 0 Å². The van der Waals surface area contributed by atoms with Gasteiger partial charge in [-0.05, 0) is 59.3 Å². The molecule has 1 saturated carbocycles. The van der Waals surface area contributed by atoms with Crippen LogP contribution in [0.5, 0.6) is 0 Å². The minimum absolute atomic E-state index is 0.259. The van der Waals surface area contributed by atoms with Crippen LogP contribution in [0, 0.1) is 5.41 Å². The third-order valence-corrected chi connectivity index (χ3v) is 6.47. The van der Waals surface area contributed by atoms with Crippen molar-refractivity contribution in [3.8, 4) is 0 Å². The lowest BCUT2D eigenvalue weighted by Gasteiger charge is -2.58. The molecule has 2 N–H and O–H groups in total. The number of hydrogen-bond donors (Lipinski definition) is 2. The Bertz CT molecular complexity index is 298. The van der Waals surface area contributed by atoms with Gasteiger partial charge in [0.05, 0.1) is 0 Å². The van der Waals surface area contributed by atoms with Gasteiger partial charge in [0.15, 0.2) is 0 Å². The van der Waals surface area contributed by atoms with E-state index >= 15 is 0 Å². The largest absolute Gasteiger partial charge is 0.311 e.